The topological polar surface area (TPSA) is 39.2 Å². The van der Waals surface area contributed by atoms with Gasteiger partial charge in [0.15, 0.2) is 0 Å². The molecule has 2 rings (SSSR count). The van der Waals surface area contributed by atoms with E-state index in [9.17, 15) is 0 Å². The van der Waals surface area contributed by atoms with Crippen molar-refractivity contribution in [1.29, 1.82) is 0 Å². The van der Waals surface area contributed by atoms with E-state index < -0.39 is 0 Å². The summed E-state index contributed by atoms with van der Waals surface area (Å²) >= 11 is 5.88. The first-order chi connectivity index (χ1) is 5.29. The maximum absolute atomic E-state index is 5.88. The Balaban J connectivity index is 2.93. The lowest BCUT2D eigenvalue weighted by atomic mass is 10.2. The van der Waals surface area contributed by atoms with Gasteiger partial charge in [-0.1, -0.05) is 11.6 Å². The van der Waals surface area contributed by atoms with Gasteiger partial charge in [-0.3, -0.25) is 0 Å². The van der Waals surface area contributed by atoms with Crippen LogP contribution in [0.1, 0.15) is 0 Å². The second-order valence-corrected chi connectivity index (χ2v) is 2.68. The summed E-state index contributed by atoms with van der Waals surface area (Å²) in [5, 5.41) is 1.43. The van der Waals surface area contributed by atoms with Gasteiger partial charge in [-0.15, -0.1) is 0 Å². The molecule has 56 valence electrons. The van der Waals surface area contributed by atoms with Gasteiger partial charge in [0.05, 0.1) is 17.0 Å². The molecule has 2 nitrogen and oxygen atoms in total. The van der Waals surface area contributed by atoms with Crippen LogP contribution in [0.4, 0.5) is 5.69 Å². The van der Waals surface area contributed by atoms with Crippen LogP contribution in [0.2, 0.25) is 5.02 Å². The van der Waals surface area contributed by atoms with Crippen LogP contribution >= 0.6 is 11.6 Å². The standard InChI is InChI=1S/C8H6ClNO/c9-8-5-3-4-11-7(5)2-1-6(8)10/h1-4H,10H2. The van der Waals surface area contributed by atoms with Gasteiger partial charge in [0.25, 0.3) is 0 Å². The van der Waals surface area contributed by atoms with Gasteiger partial charge in [0, 0.05) is 5.39 Å². The first-order valence-electron chi connectivity index (χ1n) is 3.20. The van der Waals surface area contributed by atoms with Gasteiger partial charge in [-0.2, -0.15) is 0 Å². The smallest absolute Gasteiger partial charge is 0.135 e. The van der Waals surface area contributed by atoms with Crippen molar-refractivity contribution in [3.05, 3.63) is 29.5 Å². The van der Waals surface area contributed by atoms with Crippen LogP contribution in [0.25, 0.3) is 11.0 Å². The third-order valence-corrected chi connectivity index (χ3v) is 2.02. The van der Waals surface area contributed by atoms with E-state index in [1.165, 1.54) is 0 Å². The Hall–Kier alpha value is -1.15. The Kier molecular flexibility index (Phi) is 1.29. The summed E-state index contributed by atoms with van der Waals surface area (Å²) < 4.78 is 5.11. The highest BCUT2D eigenvalue weighted by molar-refractivity contribution is 6.37. The number of hydrogen-bond acceptors (Lipinski definition) is 2. The van der Waals surface area contributed by atoms with Gasteiger partial charge in [-0.05, 0) is 18.2 Å². The van der Waals surface area contributed by atoms with Crippen molar-refractivity contribution in [2.45, 2.75) is 0 Å². The first kappa shape index (κ1) is 6.55. The van der Waals surface area contributed by atoms with Crippen molar-refractivity contribution in [1.82, 2.24) is 0 Å². The van der Waals surface area contributed by atoms with E-state index in [-0.39, 0.29) is 0 Å². The molecule has 2 aromatic rings. The van der Waals surface area contributed by atoms with E-state index >= 15 is 0 Å². The highest BCUT2D eigenvalue weighted by Gasteiger charge is 2.03. The fourth-order valence-corrected chi connectivity index (χ4v) is 1.24. The van der Waals surface area contributed by atoms with Gasteiger partial charge in [0.1, 0.15) is 5.58 Å². The minimum absolute atomic E-state index is 0.566. The minimum Gasteiger partial charge on any atom is -0.464 e. The average molecular weight is 168 g/mol. The summed E-state index contributed by atoms with van der Waals surface area (Å²) in [5.74, 6) is 0. The number of fused-ring (bicyclic) bond motifs is 1. The van der Waals surface area contributed by atoms with Crippen LogP contribution in [0, 0.1) is 0 Å². The molecule has 0 radical (unpaired) electrons. The summed E-state index contributed by atoms with van der Waals surface area (Å²) in [6.07, 6.45) is 1.59. The number of rotatable bonds is 0. The molecule has 1 aromatic heterocycles. The molecule has 0 amide bonds. The Morgan fingerprint density at radius 1 is 1.27 bits per heavy atom. The zero-order valence-electron chi connectivity index (χ0n) is 5.67. The lowest BCUT2D eigenvalue weighted by molar-refractivity contribution is 0.616. The van der Waals surface area contributed by atoms with Gasteiger partial charge >= 0.3 is 0 Å². The van der Waals surface area contributed by atoms with Gasteiger partial charge in [0.2, 0.25) is 0 Å². The van der Waals surface area contributed by atoms with Crippen LogP contribution in [0.5, 0.6) is 0 Å². The lowest BCUT2D eigenvalue weighted by Gasteiger charge is -1.96. The van der Waals surface area contributed by atoms with Crippen molar-refractivity contribution < 1.29 is 4.42 Å². The second-order valence-electron chi connectivity index (χ2n) is 2.30. The Labute approximate surface area is 68.6 Å². The molecule has 0 atom stereocenters. The molecule has 0 aliphatic rings. The second kappa shape index (κ2) is 2.17. The molecular weight excluding hydrogens is 162 g/mol. The monoisotopic (exact) mass is 167 g/mol. The number of nitrogen functional groups attached to an aromatic ring is 1. The van der Waals surface area contributed by atoms with Crippen molar-refractivity contribution >= 4 is 28.3 Å². The summed E-state index contributed by atoms with van der Waals surface area (Å²) in [6, 6.07) is 5.33. The number of furan rings is 1. The molecule has 0 unspecified atom stereocenters. The van der Waals surface area contributed by atoms with Crippen LogP contribution < -0.4 is 5.73 Å². The van der Waals surface area contributed by atoms with Crippen LogP contribution in [0.15, 0.2) is 28.9 Å². The number of halogens is 1. The van der Waals surface area contributed by atoms with E-state index in [0.29, 0.717) is 10.7 Å². The Bertz CT molecular complexity index is 394. The highest BCUT2D eigenvalue weighted by atomic mass is 35.5. The SMILES string of the molecule is Nc1ccc2occc2c1Cl. The Morgan fingerprint density at radius 3 is 2.91 bits per heavy atom. The molecule has 0 saturated carbocycles. The Morgan fingerprint density at radius 2 is 2.09 bits per heavy atom. The van der Waals surface area contributed by atoms with Crippen molar-refractivity contribution in [2.75, 3.05) is 5.73 Å². The zero-order chi connectivity index (χ0) is 7.84. The predicted octanol–water partition coefficient (Wildman–Crippen LogP) is 2.67. The molecule has 1 aromatic carbocycles. The highest BCUT2D eigenvalue weighted by Crippen LogP contribution is 2.29. The normalized spacial score (nSPS) is 10.6. The lowest BCUT2D eigenvalue weighted by Crippen LogP contribution is -1.84. The van der Waals surface area contributed by atoms with E-state index in [0.717, 1.165) is 11.0 Å². The van der Waals surface area contributed by atoms with Crippen LogP contribution in [-0.4, -0.2) is 0 Å². The van der Waals surface area contributed by atoms with Crippen molar-refractivity contribution in [3.63, 3.8) is 0 Å². The minimum atomic E-state index is 0.566. The third kappa shape index (κ3) is 0.870. The quantitative estimate of drug-likeness (QED) is 0.613. The fraction of sp³-hybridized carbons (Fsp3) is 0. The average Bonchev–Trinajstić information content (AvgIpc) is 2.45. The molecule has 1 heterocycles. The van der Waals surface area contributed by atoms with E-state index in [4.69, 9.17) is 21.8 Å². The molecule has 0 aliphatic carbocycles. The largest absolute Gasteiger partial charge is 0.464 e. The first-order valence-corrected chi connectivity index (χ1v) is 3.58. The van der Waals surface area contributed by atoms with E-state index in [1.54, 1.807) is 24.5 Å². The molecule has 2 N–H and O–H groups in total. The summed E-state index contributed by atoms with van der Waals surface area (Å²) in [6.45, 7) is 0. The van der Waals surface area contributed by atoms with Crippen molar-refractivity contribution in [3.8, 4) is 0 Å². The molecule has 0 saturated heterocycles. The summed E-state index contributed by atoms with van der Waals surface area (Å²) in [4.78, 5) is 0. The predicted molar refractivity (Wildman–Crippen MR) is 45.6 cm³/mol. The third-order valence-electron chi connectivity index (χ3n) is 1.60. The molecular formula is C8H6ClNO. The fourth-order valence-electron chi connectivity index (χ4n) is 1.03. The molecule has 0 bridgehead atoms. The molecule has 3 heteroatoms. The van der Waals surface area contributed by atoms with E-state index in [1.807, 2.05) is 0 Å². The summed E-state index contributed by atoms with van der Waals surface area (Å²) in [7, 11) is 0. The maximum Gasteiger partial charge on any atom is 0.135 e. The number of hydrogen-bond donors (Lipinski definition) is 1. The van der Waals surface area contributed by atoms with Gasteiger partial charge < -0.3 is 10.2 Å². The van der Waals surface area contributed by atoms with Gasteiger partial charge in [-0.25, -0.2) is 0 Å². The zero-order valence-corrected chi connectivity index (χ0v) is 6.43. The van der Waals surface area contributed by atoms with Crippen LogP contribution in [-0.2, 0) is 0 Å². The molecule has 0 aliphatic heterocycles. The summed E-state index contributed by atoms with van der Waals surface area (Å²) in [5.41, 5.74) is 6.92. The molecule has 11 heavy (non-hydrogen) atoms. The number of benzene rings is 1. The maximum atomic E-state index is 5.88. The van der Waals surface area contributed by atoms with Crippen LogP contribution in [0.3, 0.4) is 0 Å². The number of nitrogens with two attached hydrogens (primary N) is 1. The molecule has 0 spiro atoms. The van der Waals surface area contributed by atoms with Crippen molar-refractivity contribution in [2.24, 2.45) is 0 Å². The number of anilines is 1. The molecule has 0 fully saturated rings. The van der Waals surface area contributed by atoms with E-state index in [2.05, 4.69) is 0 Å².